The molecule has 1 aliphatic carbocycles. The number of guanidine groups is 1. The summed E-state index contributed by atoms with van der Waals surface area (Å²) < 4.78 is 0. The first-order chi connectivity index (χ1) is 11.8. The molecule has 24 heavy (non-hydrogen) atoms. The number of hydrogen-bond acceptors (Lipinski definition) is 2. The molecule has 0 amide bonds. The van der Waals surface area contributed by atoms with E-state index in [0.29, 0.717) is 12.1 Å². The standard InChI is InChI=1S/C20H28N4/c1-21-20(24-12-9-18(15-24)23-10-5-6-11-23)22-19-14-17(19)13-16-7-3-2-4-8-16/h2-8,17-19H,9-15H2,1H3,(H,21,22). The third-order valence-corrected chi connectivity index (χ3v) is 5.62. The van der Waals surface area contributed by atoms with Gasteiger partial charge in [0.05, 0.1) is 0 Å². The molecule has 1 aromatic rings. The summed E-state index contributed by atoms with van der Waals surface area (Å²) in [6.45, 7) is 4.47. The molecule has 0 bridgehead atoms. The zero-order valence-electron chi connectivity index (χ0n) is 14.6. The zero-order valence-corrected chi connectivity index (χ0v) is 14.6. The van der Waals surface area contributed by atoms with Gasteiger partial charge in [-0.25, -0.2) is 0 Å². The summed E-state index contributed by atoms with van der Waals surface area (Å²) in [5.41, 5.74) is 1.45. The van der Waals surface area contributed by atoms with Gasteiger partial charge in [-0.2, -0.15) is 0 Å². The summed E-state index contributed by atoms with van der Waals surface area (Å²) >= 11 is 0. The van der Waals surface area contributed by atoms with Crippen molar-refractivity contribution in [3.8, 4) is 0 Å². The lowest BCUT2D eigenvalue weighted by molar-refractivity contribution is 0.259. The molecule has 0 spiro atoms. The molecule has 1 N–H and O–H groups in total. The van der Waals surface area contributed by atoms with Gasteiger partial charge in [-0.05, 0) is 30.7 Å². The molecule has 4 heteroatoms. The largest absolute Gasteiger partial charge is 0.353 e. The maximum absolute atomic E-state index is 4.55. The van der Waals surface area contributed by atoms with Crippen LogP contribution in [0.15, 0.2) is 47.5 Å². The summed E-state index contributed by atoms with van der Waals surface area (Å²) in [6, 6.07) is 12.1. The van der Waals surface area contributed by atoms with Gasteiger partial charge in [-0.1, -0.05) is 42.5 Å². The van der Waals surface area contributed by atoms with Crippen LogP contribution in [-0.4, -0.2) is 61.1 Å². The van der Waals surface area contributed by atoms with Gasteiger partial charge in [0.2, 0.25) is 0 Å². The van der Waals surface area contributed by atoms with Crippen molar-refractivity contribution in [3.05, 3.63) is 48.0 Å². The van der Waals surface area contributed by atoms with Gasteiger partial charge in [0.25, 0.3) is 0 Å². The number of nitrogens with one attached hydrogen (secondary N) is 1. The Morgan fingerprint density at radius 1 is 1.21 bits per heavy atom. The van der Waals surface area contributed by atoms with Crippen molar-refractivity contribution in [2.75, 3.05) is 33.2 Å². The van der Waals surface area contributed by atoms with E-state index in [4.69, 9.17) is 0 Å². The molecule has 3 unspecified atom stereocenters. The smallest absolute Gasteiger partial charge is 0.193 e. The summed E-state index contributed by atoms with van der Waals surface area (Å²) in [5.74, 6) is 1.86. The van der Waals surface area contributed by atoms with E-state index in [9.17, 15) is 0 Å². The van der Waals surface area contributed by atoms with Crippen molar-refractivity contribution in [2.24, 2.45) is 10.9 Å². The molecule has 2 heterocycles. The van der Waals surface area contributed by atoms with Crippen molar-refractivity contribution in [3.63, 3.8) is 0 Å². The Morgan fingerprint density at radius 2 is 2.00 bits per heavy atom. The van der Waals surface area contributed by atoms with Crippen LogP contribution in [0.4, 0.5) is 0 Å². The number of nitrogens with zero attached hydrogens (tertiary/aromatic N) is 3. The summed E-state index contributed by atoms with van der Waals surface area (Å²) in [4.78, 5) is 9.57. The normalized spacial score (nSPS) is 30.1. The van der Waals surface area contributed by atoms with Crippen LogP contribution in [0, 0.1) is 5.92 Å². The van der Waals surface area contributed by atoms with Crippen LogP contribution in [-0.2, 0) is 6.42 Å². The second-order valence-corrected chi connectivity index (χ2v) is 7.30. The average molecular weight is 324 g/mol. The van der Waals surface area contributed by atoms with Crippen LogP contribution in [0.3, 0.4) is 0 Å². The van der Waals surface area contributed by atoms with Gasteiger partial charge in [0.15, 0.2) is 5.96 Å². The van der Waals surface area contributed by atoms with Crippen LogP contribution in [0.25, 0.3) is 0 Å². The molecule has 4 rings (SSSR count). The van der Waals surface area contributed by atoms with E-state index in [2.05, 4.69) is 62.6 Å². The molecule has 2 aliphatic heterocycles. The molecule has 1 saturated carbocycles. The Labute approximate surface area is 145 Å². The maximum atomic E-state index is 4.55. The first-order valence-electron chi connectivity index (χ1n) is 9.24. The SMILES string of the molecule is CN=C(NC1CC1Cc1ccccc1)N1CCC(N2CC=CC2)C1. The van der Waals surface area contributed by atoms with E-state index in [1.807, 2.05) is 7.05 Å². The van der Waals surface area contributed by atoms with Crippen molar-refractivity contribution in [1.29, 1.82) is 0 Å². The monoisotopic (exact) mass is 324 g/mol. The number of rotatable bonds is 4. The highest BCUT2D eigenvalue weighted by Crippen LogP contribution is 2.34. The highest BCUT2D eigenvalue weighted by atomic mass is 15.3. The third-order valence-electron chi connectivity index (χ3n) is 5.62. The third kappa shape index (κ3) is 3.48. The molecule has 2 fully saturated rings. The molecule has 3 atom stereocenters. The molecule has 0 aromatic heterocycles. The molecular formula is C20H28N4. The van der Waals surface area contributed by atoms with Crippen LogP contribution in [0.5, 0.6) is 0 Å². The fourth-order valence-corrected chi connectivity index (χ4v) is 4.05. The Morgan fingerprint density at radius 3 is 2.75 bits per heavy atom. The average Bonchev–Trinajstić information content (AvgIpc) is 3.02. The van der Waals surface area contributed by atoms with E-state index >= 15 is 0 Å². The Bertz CT molecular complexity index is 601. The number of aliphatic imine (C=N–C) groups is 1. The predicted octanol–water partition coefficient (Wildman–Crippen LogP) is 2.14. The van der Waals surface area contributed by atoms with Gasteiger partial charge >= 0.3 is 0 Å². The zero-order chi connectivity index (χ0) is 16.4. The Balaban J connectivity index is 1.27. The maximum Gasteiger partial charge on any atom is 0.193 e. The summed E-state index contributed by atoms with van der Waals surface area (Å²) in [6.07, 6.45) is 8.27. The lowest BCUT2D eigenvalue weighted by Gasteiger charge is -2.25. The highest BCUT2D eigenvalue weighted by molar-refractivity contribution is 5.81. The first-order valence-corrected chi connectivity index (χ1v) is 9.24. The predicted molar refractivity (Wildman–Crippen MR) is 99.2 cm³/mol. The van der Waals surface area contributed by atoms with Crippen molar-refractivity contribution in [2.45, 2.75) is 31.3 Å². The fourth-order valence-electron chi connectivity index (χ4n) is 4.05. The van der Waals surface area contributed by atoms with Gasteiger partial charge in [0, 0.05) is 45.3 Å². The Hall–Kier alpha value is -1.81. The van der Waals surface area contributed by atoms with Gasteiger partial charge in [-0.3, -0.25) is 9.89 Å². The minimum absolute atomic E-state index is 0.594. The van der Waals surface area contributed by atoms with Gasteiger partial charge < -0.3 is 10.2 Å². The Kier molecular flexibility index (Phi) is 4.56. The summed E-state index contributed by atoms with van der Waals surface area (Å²) in [5, 5.41) is 3.71. The molecule has 1 saturated heterocycles. The van der Waals surface area contributed by atoms with Gasteiger partial charge in [0.1, 0.15) is 0 Å². The van der Waals surface area contributed by atoms with Crippen LogP contribution in [0.2, 0.25) is 0 Å². The van der Waals surface area contributed by atoms with E-state index in [0.717, 1.165) is 38.1 Å². The van der Waals surface area contributed by atoms with Gasteiger partial charge in [-0.15, -0.1) is 0 Å². The topological polar surface area (TPSA) is 30.9 Å². The molecule has 128 valence electrons. The number of hydrogen-bond donors (Lipinski definition) is 1. The van der Waals surface area contributed by atoms with E-state index in [1.165, 1.54) is 24.8 Å². The molecule has 0 radical (unpaired) electrons. The van der Waals surface area contributed by atoms with Crippen molar-refractivity contribution < 1.29 is 0 Å². The minimum atomic E-state index is 0.594. The molecule has 1 aromatic carbocycles. The molecule has 4 nitrogen and oxygen atoms in total. The number of likely N-dealkylation sites (tertiary alicyclic amines) is 1. The van der Waals surface area contributed by atoms with Crippen LogP contribution in [0.1, 0.15) is 18.4 Å². The summed E-state index contributed by atoms with van der Waals surface area (Å²) in [7, 11) is 1.92. The van der Waals surface area contributed by atoms with Crippen molar-refractivity contribution in [1.82, 2.24) is 15.1 Å². The van der Waals surface area contributed by atoms with Crippen molar-refractivity contribution >= 4 is 5.96 Å². The van der Waals surface area contributed by atoms with Crippen LogP contribution >= 0.6 is 0 Å². The second kappa shape index (κ2) is 6.98. The molecule has 3 aliphatic rings. The fraction of sp³-hybridized carbons (Fsp3) is 0.550. The quantitative estimate of drug-likeness (QED) is 0.523. The van der Waals surface area contributed by atoms with E-state index in [1.54, 1.807) is 0 Å². The van der Waals surface area contributed by atoms with E-state index < -0.39 is 0 Å². The number of benzene rings is 1. The lowest BCUT2D eigenvalue weighted by atomic mass is 10.1. The van der Waals surface area contributed by atoms with E-state index in [-0.39, 0.29) is 0 Å². The molecular weight excluding hydrogens is 296 g/mol. The van der Waals surface area contributed by atoms with Crippen LogP contribution < -0.4 is 5.32 Å². The highest BCUT2D eigenvalue weighted by Gasteiger charge is 2.39. The lowest BCUT2D eigenvalue weighted by Crippen LogP contribution is -2.43. The second-order valence-electron chi connectivity index (χ2n) is 7.30. The minimum Gasteiger partial charge on any atom is -0.353 e. The first kappa shape index (κ1) is 15.7.